The van der Waals surface area contributed by atoms with E-state index in [-0.39, 0.29) is 5.97 Å². The molecule has 1 heterocycles. The van der Waals surface area contributed by atoms with Crippen molar-refractivity contribution in [3.8, 4) is 33.2 Å². The Bertz CT molecular complexity index is 1240. The highest BCUT2D eigenvalue weighted by Gasteiger charge is 2.20. The van der Waals surface area contributed by atoms with E-state index in [1.54, 1.807) is 11.3 Å². The molecule has 0 aliphatic carbocycles. The van der Waals surface area contributed by atoms with Crippen molar-refractivity contribution >= 4 is 52.4 Å². The zero-order chi connectivity index (χ0) is 23.3. The third-order valence-electron chi connectivity index (χ3n) is 5.57. The topological polar surface area (TPSA) is 26.3 Å². The van der Waals surface area contributed by atoms with Gasteiger partial charge in [0.15, 0.2) is 0 Å². The molecule has 1 aromatic heterocycles. The number of halogens is 1. The van der Waals surface area contributed by atoms with Gasteiger partial charge >= 0.3 is 5.97 Å². The van der Waals surface area contributed by atoms with Crippen molar-refractivity contribution in [2.75, 3.05) is 7.11 Å². The lowest BCUT2D eigenvalue weighted by Gasteiger charge is -2.14. The molecule has 0 bridgehead atoms. The predicted octanol–water partition coefficient (Wildman–Crippen LogP) is 3.45. The Hall–Kier alpha value is -2.87. The molecule has 2 aromatic carbocycles. The molecule has 0 amide bonds. The molecule has 0 aliphatic heterocycles. The van der Waals surface area contributed by atoms with Crippen molar-refractivity contribution in [2.45, 2.75) is 6.42 Å². The Morgan fingerprint density at radius 3 is 2.28 bits per heavy atom. The Kier molecular flexibility index (Phi) is 7.91. The summed E-state index contributed by atoms with van der Waals surface area (Å²) in [6, 6.07) is 20.2. The number of benzene rings is 2. The first-order valence-electron chi connectivity index (χ1n) is 10.2. The summed E-state index contributed by atoms with van der Waals surface area (Å²) < 4.78 is 5.14. The summed E-state index contributed by atoms with van der Waals surface area (Å²) in [5.74, 6) is 2.33. The average Bonchev–Trinajstić information content (AvgIpc) is 3.25. The predicted molar refractivity (Wildman–Crippen MR) is 144 cm³/mol. The Balaban J connectivity index is 2.18. The van der Waals surface area contributed by atoms with Gasteiger partial charge in [0.25, 0.3) is 0 Å². The second-order valence-corrected chi connectivity index (χ2v) is 8.99. The van der Waals surface area contributed by atoms with Crippen LogP contribution in [0.3, 0.4) is 0 Å². The number of carbonyl (C=O) groups excluding carboxylic acids is 1. The van der Waals surface area contributed by atoms with Crippen LogP contribution in [-0.2, 0) is 16.0 Å². The van der Waals surface area contributed by atoms with Crippen LogP contribution in [-0.4, -0.2) is 36.6 Å². The molecule has 2 nitrogen and oxygen atoms in total. The maximum atomic E-state index is 12.8. The largest absolute Gasteiger partial charge is 0.466 e. The number of hydrogen-bond donors (Lipinski definition) is 0. The van der Waals surface area contributed by atoms with Gasteiger partial charge < -0.3 is 4.74 Å². The van der Waals surface area contributed by atoms with E-state index in [1.807, 2.05) is 66.0 Å². The van der Waals surface area contributed by atoms with Crippen molar-refractivity contribution in [2.24, 2.45) is 0 Å². The van der Waals surface area contributed by atoms with Crippen LogP contribution in [0.4, 0.5) is 0 Å². The van der Waals surface area contributed by atoms with Gasteiger partial charge in [-0.1, -0.05) is 70.9 Å². The van der Waals surface area contributed by atoms with E-state index in [0.717, 1.165) is 42.9 Å². The molecule has 32 heavy (non-hydrogen) atoms. The molecule has 3 aromatic rings. The van der Waals surface area contributed by atoms with Crippen molar-refractivity contribution in [3.05, 3.63) is 93.2 Å². The maximum Gasteiger partial charge on any atom is 0.333 e. The lowest BCUT2D eigenvalue weighted by Crippen LogP contribution is -2.13. The molecule has 7 heteroatoms. The van der Waals surface area contributed by atoms with Crippen molar-refractivity contribution < 1.29 is 9.53 Å². The lowest BCUT2D eigenvalue weighted by atomic mass is 9.68. The SMILES string of the molecule is B/C(C#C)=C(B)/C(B)=C(\Cc1cc(-c2ccccc2)sc1-c1ccc(Cl)cc1)C(=O)OC. The summed E-state index contributed by atoms with van der Waals surface area (Å²) in [6.07, 6.45) is 6.04. The maximum absolute atomic E-state index is 12.8. The first-order valence-corrected chi connectivity index (χ1v) is 11.4. The van der Waals surface area contributed by atoms with Crippen LogP contribution in [0.1, 0.15) is 5.56 Å². The van der Waals surface area contributed by atoms with E-state index in [4.69, 9.17) is 22.8 Å². The van der Waals surface area contributed by atoms with Crippen LogP contribution in [0.2, 0.25) is 5.02 Å². The number of terminal acetylenes is 1. The molecule has 0 aliphatic rings. The van der Waals surface area contributed by atoms with Gasteiger partial charge in [-0.3, -0.25) is 0 Å². The zero-order valence-electron chi connectivity index (χ0n) is 18.7. The number of ether oxygens (including phenoxy) is 1. The number of esters is 1. The first-order chi connectivity index (χ1) is 15.3. The van der Waals surface area contributed by atoms with Crippen LogP contribution in [0.15, 0.2) is 82.7 Å². The van der Waals surface area contributed by atoms with Gasteiger partial charge in [-0.2, -0.15) is 0 Å². The highest BCUT2D eigenvalue weighted by Crippen LogP contribution is 2.40. The first kappa shape index (κ1) is 23.8. The Labute approximate surface area is 201 Å². The van der Waals surface area contributed by atoms with Gasteiger partial charge in [0.1, 0.15) is 23.5 Å². The minimum absolute atomic E-state index is 0.346. The van der Waals surface area contributed by atoms with Crippen LogP contribution >= 0.6 is 22.9 Å². The van der Waals surface area contributed by atoms with Gasteiger partial charge in [0, 0.05) is 26.8 Å². The highest BCUT2D eigenvalue weighted by molar-refractivity contribution is 7.19. The zero-order valence-corrected chi connectivity index (χ0v) is 20.2. The molecule has 3 rings (SSSR count). The molecule has 0 fully saturated rings. The molecule has 0 atom stereocenters. The number of hydrogen-bond acceptors (Lipinski definition) is 3. The fourth-order valence-corrected chi connectivity index (χ4v) is 4.75. The monoisotopic (exact) mass is 454 g/mol. The molecule has 0 N–H and O–H groups in total. The number of methoxy groups -OCH3 is 1. The molecule has 156 valence electrons. The second-order valence-electron chi connectivity index (χ2n) is 7.50. The van der Waals surface area contributed by atoms with Gasteiger partial charge in [0.05, 0.1) is 7.11 Å². The molecule has 0 spiro atoms. The number of thiophene rings is 1. The number of carbonyl (C=O) groups is 1. The molecule has 0 unspecified atom stereocenters. The summed E-state index contributed by atoms with van der Waals surface area (Å²) >= 11 is 7.82. The summed E-state index contributed by atoms with van der Waals surface area (Å²) in [6.45, 7) is 0. The summed E-state index contributed by atoms with van der Waals surface area (Å²) in [5, 5.41) is 0.687. The Morgan fingerprint density at radius 1 is 1.03 bits per heavy atom. The van der Waals surface area contributed by atoms with E-state index in [1.165, 1.54) is 7.11 Å². The van der Waals surface area contributed by atoms with E-state index < -0.39 is 0 Å². The normalized spacial score (nSPS) is 12.4. The fraction of sp³-hybridized carbons (Fsp3) is 0.0800. The Morgan fingerprint density at radius 2 is 1.69 bits per heavy atom. The molecular formula is C25H22B3ClO2S. The van der Waals surface area contributed by atoms with Crippen molar-refractivity contribution in [1.82, 2.24) is 0 Å². The third kappa shape index (κ3) is 5.30. The van der Waals surface area contributed by atoms with Crippen LogP contribution < -0.4 is 0 Å². The number of allylic oxidation sites excluding steroid dienone is 3. The smallest absolute Gasteiger partial charge is 0.333 e. The van der Waals surface area contributed by atoms with E-state index >= 15 is 0 Å². The highest BCUT2D eigenvalue weighted by atomic mass is 35.5. The van der Waals surface area contributed by atoms with Crippen molar-refractivity contribution in [1.29, 1.82) is 0 Å². The van der Waals surface area contributed by atoms with Gasteiger partial charge in [-0.05, 0) is 40.4 Å². The molecule has 0 radical (unpaired) electrons. The van der Waals surface area contributed by atoms with Gasteiger partial charge in [-0.15, -0.1) is 17.8 Å². The lowest BCUT2D eigenvalue weighted by molar-refractivity contribution is -0.136. The van der Waals surface area contributed by atoms with Crippen LogP contribution in [0.5, 0.6) is 0 Å². The molecule has 0 saturated heterocycles. The van der Waals surface area contributed by atoms with Crippen molar-refractivity contribution in [3.63, 3.8) is 0 Å². The molecule has 0 saturated carbocycles. The quantitative estimate of drug-likeness (QED) is 0.188. The second kappa shape index (κ2) is 10.6. The summed E-state index contributed by atoms with van der Waals surface area (Å²) in [7, 11) is 7.16. The fourth-order valence-electron chi connectivity index (χ4n) is 3.44. The van der Waals surface area contributed by atoms with Crippen LogP contribution in [0, 0.1) is 12.3 Å². The van der Waals surface area contributed by atoms with Crippen LogP contribution in [0.25, 0.3) is 20.9 Å². The van der Waals surface area contributed by atoms with E-state index in [0.29, 0.717) is 17.0 Å². The standard InChI is InChI=1S/C25H22B3ClO2S/c1-3-20(26)23(28)22(27)19(25(30)31-2)13-17-14-21(15-7-5-4-6-8-15)32-24(17)16-9-11-18(29)12-10-16/h1,4-12,14H,13,26-28H2,2H3/b22-19-,23-20-. The summed E-state index contributed by atoms with van der Waals surface area (Å²) in [5.41, 5.74) is 6.43. The van der Waals surface area contributed by atoms with Gasteiger partial charge in [0.2, 0.25) is 0 Å². The van der Waals surface area contributed by atoms with E-state index in [2.05, 4.69) is 24.1 Å². The molecular weight excluding hydrogens is 432 g/mol. The summed E-state index contributed by atoms with van der Waals surface area (Å²) in [4.78, 5) is 15.0. The third-order valence-corrected chi connectivity index (χ3v) is 7.09. The minimum Gasteiger partial charge on any atom is -0.466 e. The van der Waals surface area contributed by atoms with E-state index in [9.17, 15) is 4.79 Å². The van der Waals surface area contributed by atoms with Gasteiger partial charge in [-0.25, -0.2) is 4.79 Å². The average molecular weight is 454 g/mol. The number of rotatable bonds is 6. The minimum atomic E-state index is -0.346.